The summed E-state index contributed by atoms with van der Waals surface area (Å²) in [5.41, 5.74) is 7.71. The maximum absolute atomic E-state index is 6.66. The Morgan fingerprint density at radius 2 is 1.54 bits per heavy atom. The van der Waals surface area contributed by atoms with Gasteiger partial charge in [-0.3, -0.25) is 0 Å². The van der Waals surface area contributed by atoms with Crippen molar-refractivity contribution in [3.8, 4) is 22.8 Å². The summed E-state index contributed by atoms with van der Waals surface area (Å²) in [6.07, 6.45) is 2.19. The highest BCUT2D eigenvalue weighted by atomic mass is 16.5. The Morgan fingerprint density at radius 3 is 2.21 bits per heavy atom. The predicted octanol–water partition coefficient (Wildman–Crippen LogP) is 6.64. The van der Waals surface area contributed by atoms with Gasteiger partial charge in [0.25, 0.3) is 0 Å². The van der Waals surface area contributed by atoms with Crippen LogP contribution in [0.25, 0.3) is 32.8 Å². The third-order valence-corrected chi connectivity index (χ3v) is 6.44. The Balaban J connectivity index is 2.01. The Labute approximate surface area is 166 Å². The minimum atomic E-state index is 0.461. The van der Waals surface area contributed by atoms with Gasteiger partial charge in [0.1, 0.15) is 18.5 Å². The van der Waals surface area contributed by atoms with E-state index in [4.69, 9.17) is 4.74 Å². The molecule has 0 atom stereocenters. The summed E-state index contributed by atoms with van der Waals surface area (Å²) in [4.78, 5) is 0. The summed E-state index contributed by atoms with van der Waals surface area (Å²) in [5.74, 6) is 2.45. The van der Waals surface area contributed by atoms with E-state index >= 15 is 0 Å². The zero-order valence-corrected chi connectivity index (χ0v) is 17.5. The fourth-order valence-corrected chi connectivity index (χ4v) is 4.94. The van der Waals surface area contributed by atoms with Gasteiger partial charge in [-0.25, -0.2) is 4.57 Å². The molecule has 1 aromatic heterocycles. The SMILES string of the molecule is Cc1c2c(c(C)c3ccccc13)-c1c3c(cc(C(C)C)c(C)c3cc[n+]1C)O2. The molecule has 0 aliphatic carbocycles. The molecule has 0 N–H and O–H groups in total. The van der Waals surface area contributed by atoms with Crippen molar-refractivity contribution in [3.63, 3.8) is 0 Å². The van der Waals surface area contributed by atoms with Crippen LogP contribution in [0.15, 0.2) is 42.6 Å². The maximum Gasteiger partial charge on any atom is 0.228 e. The largest absolute Gasteiger partial charge is 0.455 e. The van der Waals surface area contributed by atoms with E-state index < -0.39 is 0 Å². The quantitative estimate of drug-likeness (QED) is 0.302. The van der Waals surface area contributed by atoms with Crippen LogP contribution in [0, 0.1) is 20.8 Å². The lowest BCUT2D eigenvalue weighted by atomic mass is 9.86. The Morgan fingerprint density at radius 1 is 0.857 bits per heavy atom. The van der Waals surface area contributed by atoms with Crippen molar-refractivity contribution in [1.29, 1.82) is 0 Å². The zero-order valence-electron chi connectivity index (χ0n) is 17.5. The number of pyridine rings is 1. The number of aromatic nitrogens is 1. The van der Waals surface area contributed by atoms with Crippen LogP contribution >= 0.6 is 0 Å². The molecule has 2 heterocycles. The molecule has 1 aliphatic heterocycles. The van der Waals surface area contributed by atoms with Gasteiger partial charge < -0.3 is 4.74 Å². The number of ether oxygens (including phenoxy) is 1. The molecule has 2 heteroatoms. The van der Waals surface area contributed by atoms with Gasteiger partial charge in [-0.1, -0.05) is 38.1 Å². The molecule has 3 aromatic carbocycles. The van der Waals surface area contributed by atoms with Crippen LogP contribution < -0.4 is 9.30 Å². The molecule has 0 fully saturated rings. The highest BCUT2D eigenvalue weighted by Gasteiger charge is 2.32. The van der Waals surface area contributed by atoms with Crippen molar-refractivity contribution >= 4 is 21.5 Å². The van der Waals surface area contributed by atoms with Crippen LogP contribution in [-0.2, 0) is 7.05 Å². The molecule has 140 valence electrons. The predicted molar refractivity (Wildman–Crippen MR) is 116 cm³/mol. The topological polar surface area (TPSA) is 13.1 Å². The van der Waals surface area contributed by atoms with Gasteiger partial charge in [0.05, 0.1) is 10.9 Å². The van der Waals surface area contributed by atoms with Gasteiger partial charge in [-0.05, 0) is 60.2 Å². The minimum Gasteiger partial charge on any atom is -0.455 e. The molecule has 5 rings (SSSR count). The number of fused-ring (bicyclic) bond motifs is 3. The summed E-state index contributed by atoms with van der Waals surface area (Å²) in [5, 5.41) is 5.11. The number of rotatable bonds is 1. The van der Waals surface area contributed by atoms with Crippen LogP contribution in [0.2, 0.25) is 0 Å². The van der Waals surface area contributed by atoms with Gasteiger partial charge in [-0.15, -0.1) is 0 Å². The van der Waals surface area contributed by atoms with Crippen molar-refractivity contribution in [1.82, 2.24) is 0 Å². The first-order valence-corrected chi connectivity index (χ1v) is 10.1. The van der Waals surface area contributed by atoms with Crippen LogP contribution in [0.1, 0.15) is 42.0 Å². The smallest absolute Gasteiger partial charge is 0.228 e. The number of aryl methyl sites for hydroxylation is 4. The van der Waals surface area contributed by atoms with Crippen LogP contribution in [0.5, 0.6) is 11.5 Å². The molecule has 0 spiro atoms. The van der Waals surface area contributed by atoms with Crippen molar-refractivity contribution in [2.45, 2.75) is 40.5 Å². The third-order valence-electron chi connectivity index (χ3n) is 6.44. The second kappa shape index (κ2) is 5.81. The van der Waals surface area contributed by atoms with Gasteiger partial charge in [-0.2, -0.15) is 0 Å². The average Bonchev–Trinajstić information content (AvgIpc) is 2.69. The summed E-state index contributed by atoms with van der Waals surface area (Å²) in [6.45, 7) is 11.2. The van der Waals surface area contributed by atoms with E-state index in [0.29, 0.717) is 5.92 Å². The molecule has 28 heavy (non-hydrogen) atoms. The van der Waals surface area contributed by atoms with Gasteiger partial charge in [0, 0.05) is 17.0 Å². The molecule has 0 bridgehead atoms. The summed E-state index contributed by atoms with van der Waals surface area (Å²) in [6, 6.07) is 13.2. The second-order valence-electron chi connectivity index (χ2n) is 8.41. The lowest BCUT2D eigenvalue weighted by Crippen LogP contribution is -2.32. The summed E-state index contributed by atoms with van der Waals surface area (Å²) >= 11 is 0. The van der Waals surface area contributed by atoms with Gasteiger partial charge >= 0.3 is 0 Å². The van der Waals surface area contributed by atoms with E-state index in [1.54, 1.807) is 0 Å². The summed E-state index contributed by atoms with van der Waals surface area (Å²) in [7, 11) is 2.14. The molecular weight excluding hydrogens is 342 g/mol. The second-order valence-corrected chi connectivity index (χ2v) is 8.41. The van der Waals surface area contributed by atoms with E-state index in [1.165, 1.54) is 55.1 Å². The monoisotopic (exact) mass is 368 g/mol. The lowest BCUT2D eigenvalue weighted by Gasteiger charge is -2.26. The first-order valence-electron chi connectivity index (χ1n) is 10.1. The molecule has 0 radical (unpaired) electrons. The first kappa shape index (κ1) is 17.2. The van der Waals surface area contributed by atoms with Crippen molar-refractivity contribution in [2.24, 2.45) is 7.05 Å². The number of hydrogen-bond donors (Lipinski definition) is 0. The van der Waals surface area contributed by atoms with Crippen LogP contribution in [0.3, 0.4) is 0 Å². The number of hydrogen-bond acceptors (Lipinski definition) is 1. The van der Waals surface area contributed by atoms with E-state index in [0.717, 1.165) is 11.5 Å². The molecule has 0 saturated carbocycles. The molecular formula is C26H26NO+. The Hall–Kier alpha value is -2.87. The highest BCUT2D eigenvalue weighted by molar-refractivity contribution is 6.07. The van der Waals surface area contributed by atoms with Crippen LogP contribution in [-0.4, -0.2) is 0 Å². The maximum atomic E-state index is 6.66. The van der Waals surface area contributed by atoms with Crippen LogP contribution in [0.4, 0.5) is 0 Å². The minimum absolute atomic E-state index is 0.461. The van der Waals surface area contributed by atoms with E-state index in [9.17, 15) is 0 Å². The van der Waals surface area contributed by atoms with E-state index in [-0.39, 0.29) is 0 Å². The fraction of sp³-hybridized carbons (Fsp3) is 0.269. The molecule has 0 amide bonds. The van der Waals surface area contributed by atoms with Crippen molar-refractivity contribution in [3.05, 3.63) is 64.8 Å². The third kappa shape index (κ3) is 2.12. The van der Waals surface area contributed by atoms with Gasteiger partial charge in [0.15, 0.2) is 6.20 Å². The summed E-state index contributed by atoms with van der Waals surface area (Å²) < 4.78 is 8.91. The molecule has 0 unspecified atom stereocenters. The Bertz CT molecular complexity index is 1300. The zero-order chi connectivity index (χ0) is 19.7. The highest BCUT2D eigenvalue weighted by Crippen LogP contribution is 2.51. The number of benzene rings is 3. The number of nitrogens with zero attached hydrogens (tertiary/aromatic N) is 1. The fourth-order valence-electron chi connectivity index (χ4n) is 4.94. The molecule has 1 aliphatic rings. The molecule has 4 aromatic rings. The average molecular weight is 369 g/mol. The molecule has 2 nitrogen and oxygen atoms in total. The van der Waals surface area contributed by atoms with E-state index in [2.05, 4.69) is 88.8 Å². The van der Waals surface area contributed by atoms with Crippen molar-refractivity contribution in [2.75, 3.05) is 0 Å². The van der Waals surface area contributed by atoms with Crippen molar-refractivity contribution < 1.29 is 9.30 Å². The van der Waals surface area contributed by atoms with Gasteiger partial charge in [0.2, 0.25) is 5.69 Å². The van der Waals surface area contributed by atoms with E-state index in [1.807, 2.05) is 0 Å². The standard InChI is InChI=1S/C26H26NO/c1-14(2)21-13-22-24-20(15(21)3)11-12-27(6)25(24)23-16(4)18-9-7-8-10-19(18)17(5)26(23)28-22/h7-14H,1-6H3/q+1. The first-order chi connectivity index (χ1) is 13.4. The lowest BCUT2D eigenvalue weighted by molar-refractivity contribution is -0.659. The normalized spacial score (nSPS) is 12.5. The Kier molecular flexibility index (Phi) is 3.58. The molecule has 0 saturated heterocycles.